The summed E-state index contributed by atoms with van der Waals surface area (Å²) in [6, 6.07) is 0. The molecule has 1 rings (SSSR count). The van der Waals surface area contributed by atoms with E-state index in [2.05, 4.69) is 0 Å². The van der Waals surface area contributed by atoms with E-state index in [4.69, 9.17) is 5.73 Å². The fourth-order valence-corrected chi connectivity index (χ4v) is 0.626. The fraction of sp³-hybridized carbons (Fsp3) is 0.400. The molecule has 0 aromatic heterocycles. The Balaban J connectivity index is 2.73. The molecule has 1 amide bonds. The largest absolute Gasteiger partial charge is 0.394 e. The van der Waals surface area contributed by atoms with Crippen LogP contribution in [0.1, 0.15) is 0 Å². The van der Waals surface area contributed by atoms with Crippen LogP contribution in [-0.2, 0) is 4.79 Å². The van der Waals surface area contributed by atoms with Crippen LogP contribution in [0, 0.1) is 0 Å². The number of likely N-dealkylation sites (N-methyl/N-ethyl adjacent to an activating group) is 1. The molecule has 0 aromatic carbocycles. The van der Waals surface area contributed by atoms with Crippen molar-refractivity contribution in [1.82, 2.24) is 4.90 Å². The Labute approximate surface area is 47.8 Å². The lowest BCUT2D eigenvalue weighted by Crippen LogP contribution is -2.23. The molecule has 2 N–H and O–H groups in total. The summed E-state index contributed by atoms with van der Waals surface area (Å²) < 4.78 is 0. The molecular formula is C5H8N2O. The van der Waals surface area contributed by atoms with Gasteiger partial charge in [-0.05, 0) is 6.08 Å². The van der Waals surface area contributed by atoms with Gasteiger partial charge in [0, 0.05) is 13.6 Å². The number of carbonyl (C=O) groups is 1. The van der Waals surface area contributed by atoms with Gasteiger partial charge in [0.1, 0.15) is 0 Å². The third-order valence-electron chi connectivity index (χ3n) is 1.18. The second-order valence-electron chi connectivity index (χ2n) is 1.85. The minimum atomic E-state index is -0.0648. The lowest BCUT2D eigenvalue weighted by Gasteiger charge is -2.04. The summed E-state index contributed by atoms with van der Waals surface area (Å²) in [5, 5.41) is 0. The standard InChI is InChI=1S/C5H8N2O/c1-7-3-2-4(6)5(7)8/h2H,3,6H2,1H3. The maximum absolute atomic E-state index is 10.6. The molecule has 0 fully saturated rings. The normalized spacial score (nSPS) is 19.4. The molecule has 0 aromatic rings. The third kappa shape index (κ3) is 0.559. The Hall–Kier alpha value is -0.990. The number of rotatable bonds is 0. The molecule has 0 unspecified atom stereocenters. The van der Waals surface area contributed by atoms with Crippen LogP contribution >= 0.6 is 0 Å². The van der Waals surface area contributed by atoms with Crippen LogP contribution in [0.2, 0.25) is 0 Å². The van der Waals surface area contributed by atoms with E-state index in [0.29, 0.717) is 12.2 Å². The van der Waals surface area contributed by atoms with E-state index in [9.17, 15) is 4.79 Å². The number of carbonyl (C=O) groups excluding carboxylic acids is 1. The average molecular weight is 112 g/mol. The van der Waals surface area contributed by atoms with E-state index in [1.165, 1.54) is 0 Å². The molecule has 0 bridgehead atoms. The highest BCUT2D eigenvalue weighted by Crippen LogP contribution is 2.00. The minimum absolute atomic E-state index is 0.0648. The van der Waals surface area contributed by atoms with Crippen LogP contribution < -0.4 is 5.73 Å². The fourth-order valence-electron chi connectivity index (χ4n) is 0.626. The van der Waals surface area contributed by atoms with Gasteiger partial charge in [0.05, 0.1) is 5.70 Å². The number of nitrogens with zero attached hydrogens (tertiary/aromatic N) is 1. The smallest absolute Gasteiger partial charge is 0.269 e. The molecular weight excluding hydrogens is 104 g/mol. The van der Waals surface area contributed by atoms with Gasteiger partial charge in [-0.15, -0.1) is 0 Å². The van der Waals surface area contributed by atoms with Crippen molar-refractivity contribution in [2.45, 2.75) is 0 Å². The van der Waals surface area contributed by atoms with Crippen molar-refractivity contribution in [3.05, 3.63) is 11.8 Å². The number of nitrogens with two attached hydrogens (primary N) is 1. The van der Waals surface area contributed by atoms with Crippen molar-refractivity contribution in [2.24, 2.45) is 5.73 Å². The van der Waals surface area contributed by atoms with Gasteiger partial charge in [0.15, 0.2) is 0 Å². The van der Waals surface area contributed by atoms with Gasteiger partial charge in [0.25, 0.3) is 5.91 Å². The summed E-state index contributed by atoms with van der Waals surface area (Å²) in [7, 11) is 1.72. The first-order valence-corrected chi connectivity index (χ1v) is 2.43. The summed E-state index contributed by atoms with van der Waals surface area (Å²) in [5.74, 6) is -0.0648. The van der Waals surface area contributed by atoms with Crippen molar-refractivity contribution in [2.75, 3.05) is 13.6 Å². The van der Waals surface area contributed by atoms with Crippen LogP contribution in [-0.4, -0.2) is 24.4 Å². The van der Waals surface area contributed by atoms with Crippen molar-refractivity contribution in [3.63, 3.8) is 0 Å². The van der Waals surface area contributed by atoms with E-state index in [1.807, 2.05) is 0 Å². The van der Waals surface area contributed by atoms with Gasteiger partial charge < -0.3 is 10.6 Å². The van der Waals surface area contributed by atoms with Crippen molar-refractivity contribution in [3.8, 4) is 0 Å². The quantitative estimate of drug-likeness (QED) is 0.450. The highest BCUT2D eigenvalue weighted by Gasteiger charge is 2.15. The summed E-state index contributed by atoms with van der Waals surface area (Å²) in [5.41, 5.74) is 5.61. The van der Waals surface area contributed by atoms with E-state index in [1.54, 1.807) is 18.0 Å². The SMILES string of the molecule is CN1CC=C(N)C1=O. The van der Waals surface area contributed by atoms with E-state index < -0.39 is 0 Å². The predicted molar refractivity (Wildman–Crippen MR) is 29.9 cm³/mol. The molecule has 0 saturated carbocycles. The van der Waals surface area contributed by atoms with Gasteiger partial charge in [-0.3, -0.25) is 4.79 Å². The molecule has 3 heteroatoms. The minimum Gasteiger partial charge on any atom is -0.394 e. The third-order valence-corrected chi connectivity index (χ3v) is 1.18. The molecule has 0 saturated heterocycles. The van der Waals surface area contributed by atoms with Crippen LogP contribution in [0.25, 0.3) is 0 Å². The second-order valence-corrected chi connectivity index (χ2v) is 1.85. The second kappa shape index (κ2) is 1.51. The first kappa shape index (κ1) is 5.15. The Morgan fingerprint density at radius 1 is 1.88 bits per heavy atom. The predicted octanol–water partition coefficient (Wildman–Crippen LogP) is -0.699. The van der Waals surface area contributed by atoms with E-state index in [-0.39, 0.29) is 5.91 Å². The highest BCUT2D eigenvalue weighted by molar-refractivity contribution is 5.94. The number of hydrogen-bond acceptors (Lipinski definition) is 2. The molecule has 0 radical (unpaired) electrons. The first-order chi connectivity index (χ1) is 3.72. The van der Waals surface area contributed by atoms with Gasteiger partial charge in [-0.2, -0.15) is 0 Å². The molecule has 1 heterocycles. The summed E-state index contributed by atoms with van der Waals surface area (Å²) in [6.45, 7) is 0.657. The summed E-state index contributed by atoms with van der Waals surface area (Å²) in [4.78, 5) is 12.2. The Kier molecular flexibility index (Phi) is 0.970. The van der Waals surface area contributed by atoms with Gasteiger partial charge in [-0.25, -0.2) is 0 Å². The highest BCUT2D eigenvalue weighted by atomic mass is 16.2. The van der Waals surface area contributed by atoms with Crippen LogP contribution in [0.3, 0.4) is 0 Å². The maximum atomic E-state index is 10.6. The molecule has 0 spiro atoms. The van der Waals surface area contributed by atoms with Gasteiger partial charge in [-0.1, -0.05) is 0 Å². The number of hydrogen-bond donors (Lipinski definition) is 1. The lowest BCUT2D eigenvalue weighted by atomic mass is 10.5. The average Bonchev–Trinajstić information content (AvgIpc) is 1.98. The monoisotopic (exact) mass is 112 g/mol. The zero-order valence-electron chi connectivity index (χ0n) is 4.72. The molecule has 1 aliphatic heterocycles. The Morgan fingerprint density at radius 3 is 2.62 bits per heavy atom. The molecule has 44 valence electrons. The Bertz CT molecular complexity index is 151. The first-order valence-electron chi connectivity index (χ1n) is 2.43. The summed E-state index contributed by atoms with van der Waals surface area (Å²) in [6.07, 6.45) is 1.71. The molecule has 1 aliphatic rings. The van der Waals surface area contributed by atoms with Crippen LogP contribution in [0.5, 0.6) is 0 Å². The maximum Gasteiger partial charge on any atom is 0.269 e. The zero-order valence-corrected chi connectivity index (χ0v) is 4.72. The van der Waals surface area contributed by atoms with Crippen LogP contribution in [0.15, 0.2) is 11.8 Å². The molecule has 0 aliphatic carbocycles. The Morgan fingerprint density at radius 2 is 2.50 bits per heavy atom. The molecule has 8 heavy (non-hydrogen) atoms. The van der Waals surface area contributed by atoms with Crippen LogP contribution in [0.4, 0.5) is 0 Å². The lowest BCUT2D eigenvalue weighted by molar-refractivity contribution is -0.124. The van der Waals surface area contributed by atoms with E-state index in [0.717, 1.165) is 0 Å². The molecule has 3 nitrogen and oxygen atoms in total. The summed E-state index contributed by atoms with van der Waals surface area (Å²) >= 11 is 0. The van der Waals surface area contributed by atoms with Crippen molar-refractivity contribution in [1.29, 1.82) is 0 Å². The molecule has 0 atom stereocenters. The van der Waals surface area contributed by atoms with Gasteiger partial charge in [0.2, 0.25) is 0 Å². The zero-order chi connectivity index (χ0) is 6.15. The van der Waals surface area contributed by atoms with Crippen molar-refractivity contribution >= 4 is 5.91 Å². The van der Waals surface area contributed by atoms with Crippen molar-refractivity contribution < 1.29 is 4.79 Å². The van der Waals surface area contributed by atoms with E-state index >= 15 is 0 Å². The topological polar surface area (TPSA) is 46.3 Å². The van der Waals surface area contributed by atoms with Gasteiger partial charge >= 0.3 is 0 Å². The number of amides is 1.